The summed E-state index contributed by atoms with van der Waals surface area (Å²) in [6.07, 6.45) is 1.90. The molecule has 5 rings (SSSR count). The summed E-state index contributed by atoms with van der Waals surface area (Å²) in [5, 5.41) is 13.7. The smallest absolute Gasteiger partial charge is 0.161 e. The maximum Gasteiger partial charge on any atom is 0.161 e. The Kier molecular flexibility index (Phi) is 4.89. The summed E-state index contributed by atoms with van der Waals surface area (Å²) < 4.78 is 8.71. The predicted molar refractivity (Wildman–Crippen MR) is 125 cm³/mol. The minimum absolute atomic E-state index is 0.567. The number of H-pyrrole nitrogens is 1. The third-order valence-corrected chi connectivity index (χ3v) is 6.40. The first-order valence-electron chi connectivity index (χ1n) is 10.2. The molecule has 0 unspecified atom stereocenters. The van der Waals surface area contributed by atoms with Gasteiger partial charge in [-0.25, -0.2) is 9.97 Å². The third kappa shape index (κ3) is 3.65. The number of imidazole rings is 2. The van der Waals surface area contributed by atoms with E-state index in [0.29, 0.717) is 13.2 Å². The first-order valence-corrected chi connectivity index (χ1v) is 11.1. The molecule has 0 saturated heterocycles. The van der Waals surface area contributed by atoms with Crippen LogP contribution in [0.25, 0.3) is 44.0 Å². The molecule has 5 aromatic rings. The van der Waals surface area contributed by atoms with Crippen molar-refractivity contribution >= 4 is 32.5 Å². The fourth-order valence-corrected chi connectivity index (χ4v) is 4.58. The Bertz CT molecular complexity index is 1370. The SMILES string of the molecule is COCCn1c(-c2c[nH]c(-c3ccc4sccc4c3)n2)nc2cc(C(C)(C)O)ccc21. The van der Waals surface area contributed by atoms with Gasteiger partial charge in [-0.2, -0.15) is 0 Å². The molecule has 0 aliphatic rings. The number of thiophene rings is 1. The monoisotopic (exact) mass is 432 g/mol. The van der Waals surface area contributed by atoms with Gasteiger partial charge in [-0.1, -0.05) is 6.07 Å². The number of aliphatic hydroxyl groups is 1. The molecule has 0 radical (unpaired) electrons. The minimum Gasteiger partial charge on any atom is -0.386 e. The highest BCUT2D eigenvalue weighted by Crippen LogP contribution is 2.30. The van der Waals surface area contributed by atoms with Gasteiger partial charge >= 0.3 is 0 Å². The van der Waals surface area contributed by atoms with E-state index in [1.807, 2.05) is 24.4 Å². The summed E-state index contributed by atoms with van der Waals surface area (Å²) in [5.74, 6) is 1.59. The van der Waals surface area contributed by atoms with E-state index in [1.54, 1.807) is 32.3 Å². The molecule has 0 saturated carbocycles. The third-order valence-electron chi connectivity index (χ3n) is 5.51. The summed E-state index contributed by atoms with van der Waals surface area (Å²) in [7, 11) is 1.69. The normalized spacial score (nSPS) is 12.3. The van der Waals surface area contributed by atoms with Gasteiger partial charge in [0.1, 0.15) is 11.5 Å². The summed E-state index contributed by atoms with van der Waals surface area (Å²) in [5.41, 5.74) is 3.54. The molecule has 6 nitrogen and oxygen atoms in total. The maximum absolute atomic E-state index is 10.4. The van der Waals surface area contributed by atoms with Gasteiger partial charge in [-0.05, 0) is 66.6 Å². The number of hydrogen-bond donors (Lipinski definition) is 2. The highest BCUT2D eigenvalue weighted by Gasteiger charge is 2.20. The molecule has 0 atom stereocenters. The first kappa shape index (κ1) is 19.9. The standard InChI is InChI=1S/C24H24N4O2S/c1-24(2,29)17-5-6-20-18(13-17)27-23(28(20)9-10-30-3)19-14-25-22(26-19)16-4-7-21-15(12-16)8-11-31-21/h4-8,11-14,29H,9-10H2,1-3H3,(H,25,26). The van der Waals surface area contributed by atoms with Crippen LogP contribution < -0.4 is 0 Å². The lowest BCUT2D eigenvalue weighted by atomic mass is 9.98. The zero-order valence-corrected chi connectivity index (χ0v) is 18.5. The van der Waals surface area contributed by atoms with Crippen molar-refractivity contribution in [2.45, 2.75) is 26.0 Å². The van der Waals surface area contributed by atoms with Crippen molar-refractivity contribution in [1.29, 1.82) is 0 Å². The van der Waals surface area contributed by atoms with Crippen molar-refractivity contribution in [3.63, 3.8) is 0 Å². The fraction of sp³-hybridized carbons (Fsp3) is 0.250. The summed E-state index contributed by atoms with van der Waals surface area (Å²) in [6.45, 7) is 4.79. The first-order chi connectivity index (χ1) is 14.9. The zero-order valence-electron chi connectivity index (χ0n) is 17.7. The molecule has 0 aliphatic heterocycles. The van der Waals surface area contributed by atoms with Crippen molar-refractivity contribution in [3.05, 3.63) is 59.6 Å². The van der Waals surface area contributed by atoms with E-state index in [-0.39, 0.29) is 0 Å². The average molecular weight is 433 g/mol. The van der Waals surface area contributed by atoms with Crippen molar-refractivity contribution in [3.8, 4) is 22.9 Å². The second-order valence-corrected chi connectivity index (χ2v) is 9.10. The number of hydrogen-bond acceptors (Lipinski definition) is 5. The van der Waals surface area contributed by atoms with Gasteiger partial charge in [0.15, 0.2) is 5.82 Å². The Morgan fingerprint density at radius 3 is 2.81 bits per heavy atom. The molecule has 31 heavy (non-hydrogen) atoms. The van der Waals surface area contributed by atoms with E-state index in [1.165, 1.54) is 10.1 Å². The lowest BCUT2D eigenvalue weighted by Gasteiger charge is -2.17. The van der Waals surface area contributed by atoms with E-state index in [0.717, 1.165) is 39.5 Å². The maximum atomic E-state index is 10.4. The van der Waals surface area contributed by atoms with Gasteiger partial charge in [-0.3, -0.25) is 0 Å². The van der Waals surface area contributed by atoms with Gasteiger partial charge in [-0.15, -0.1) is 11.3 Å². The van der Waals surface area contributed by atoms with Gasteiger partial charge in [0, 0.05) is 30.1 Å². The van der Waals surface area contributed by atoms with Crippen LogP contribution in [-0.2, 0) is 16.9 Å². The number of nitrogens with zero attached hydrogens (tertiary/aromatic N) is 3. The van der Waals surface area contributed by atoms with E-state index in [9.17, 15) is 5.11 Å². The molecule has 0 aliphatic carbocycles. The van der Waals surface area contributed by atoms with E-state index < -0.39 is 5.60 Å². The molecule has 7 heteroatoms. The Morgan fingerprint density at radius 1 is 1.13 bits per heavy atom. The molecule has 0 fully saturated rings. The van der Waals surface area contributed by atoms with Gasteiger partial charge in [0.25, 0.3) is 0 Å². The summed E-state index contributed by atoms with van der Waals surface area (Å²) in [6, 6.07) is 14.4. The van der Waals surface area contributed by atoms with E-state index >= 15 is 0 Å². The van der Waals surface area contributed by atoms with Crippen LogP contribution in [0.3, 0.4) is 0 Å². The molecule has 3 aromatic heterocycles. The molecule has 0 amide bonds. The highest BCUT2D eigenvalue weighted by atomic mass is 32.1. The highest BCUT2D eigenvalue weighted by molar-refractivity contribution is 7.17. The molecular formula is C24H24N4O2S. The minimum atomic E-state index is -0.926. The van der Waals surface area contributed by atoms with Crippen LogP contribution in [0.2, 0.25) is 0 Å². The fourth-order valence-electron chi connectivity index (χ4n) is 3.81. The van der Waals surface area contributed by atoms with E-state index in [4.69, 9.17) is 14.7 Å². The van der Waals surface area contributed by atoms with Crippen LogP contribution in [-0.4, -0.2) is 38.3 Å². The molecule has 0 bridgehead atoms. The lowest BCUT2D eigenvalue weighted by molar-refractivity contribution is 0.0787. The zero-order chi connectivity index (χ0) is 21.6. The van der Waals surface area contributed by atoms with Crippen LogP contribution in [0, 0.1) is 0 Å². The Hall–Kier alpha value is -3.00. The quantitative estimate of drug-likeness (QED) is 0.388. The van der Waals surface area contributed by atoms with Gasteiger partial charge < -0.3 is 19.4 Å². The number of benzene rings is 2. The number of fused-ring (bicyclic) bond motifs is 2. The number of rotatable bonds is 6. The van der Waals surface area contributed by atoms with Gasteiger partial charge in [0.2, 0.25) is 0 Å². The summed E-state index contributed by atoms with van der Waals surface area (Å²) >= 11 is 1.73. The number of aromatic amines is 1. The van der Waals surface area contributed by atoms with E-state index in [2.05, 4.69) is 39.2 Å². The van der Waals surface area contributed by atoms with Crippen molar-refractivity contribution in [2.75, 3.05) is 13.7 Å². The number of nitrogens with one attached hydrogen (secondary N) is 1. The second kappa shape index (κ2) is 7.60. The Balaban J connectivity index is 1.60. The van der Waals surface area contributed by atoms with Crippen LogP contribution >= 0.6 is 11.3 Å². The average Bonchev–Trinajstić information content (AvgIpc) is 3.48. The largest absolute Gasteiger partial charge is 0.386 e. The van der Waals surface area contributed by atoms with Crippen LogP contribution in [0.4, 0.5) is 0 Å². The van der Waals surface area contributed by atoms with Crippen LogP contribution in [0.15, 0.2) is 54.0 Å². The van der Waals surface area contributed by atoms with Crippen molar-refractivity contribution in [1.82, 2.24) is 19.5 Å². The van der Waals surface area contributed by atoms with Crippen molar-refractivity contribution < 1.29 is 9.84 Å². The number of methoxy groups -OCH3 is 1. The lowest BCUT2D eigenvalue weighted by Crippen LogP contribution is -2.15. The topological polar surface area (TPSA) is 76.0 Å². The second-order valence-electron chi connectivity index (χ2n) is 8.15. The molecular weight excluding hydrogens is 408 g/mol. The van der Waals surface area contributed by atoms with Crippen LogP contribution in [0.5, 0.6) is 0 Å². The molecule has 0 spiro atoms. The van der Waals surface area contributed by atoms with Crippen LogP contribution in [0.1, 0.15) is 19.4 Å². The molecule has 2 aromatic carbocycles. The predicted octanol–water partition coefficient (Wildman–Crippen LogP) is 5.18. The molecule has 3 heterocycles. The summed E-state index contributed by atoms with van der Waals surface area (Å²) in [4.78, 5) is 13.0. The number of aromatic nitrogens is 4. The molecule has 2 N–H and O–H groups in total. The van der Waals surface area contributed by atoms with Crippen molar-refractivity contribution in [2.24, 2.45) is 0 Å². The Morgan fingerprint density at radius 2 is 2.00 bits per heavy atom. The van der Waals surface area contributed by atoms with Gasteiger partial charge in [0.05, 0.1) is 23.2 Å². The molecule has 158 valence electrons. The Labute approximate surface area is 184 Å². The number of ether oxygens (including phenoxy) is 1.